The summed E-state index contributed by atoms with van der Waals surface area (Å²) in [5.74, 6) is 0.864. The second-order valence-electron chi connectivity index (χ2n) is 5.74. The lowest BCUT2D eigenvalue weighted by atomic mass is 9.98. The van der Waals surface area contributed by atoms with Gasteiger partial charge in [0, 0.05) is 13.0 Å². The van der Waals surface area contributed by atoms with Gasteiger partial charge in [-0.1, -0.05) is 17.7 Å². The first kappa shape index (κ1) is 15.3. The van der Waals surface area contributed by atoms with Crippen molar-refractivity contribution in [2.45, 2.75) is 57.7 Å². The number of methoxy groups -OCH3 is 1. The van der Waals surface area contributed by atoms with Gasteiger partial charge in [0.1, 0.15) is 5.75 Å². The molecule has 3 nitrogen and oxygen atoms in total. The van der Waals surface area contributed by atoms with E-state index in [1.807, 2.05) is 12.1 Å². The Bertz CT molecular complexity index is 411. The van der Waals surface area contributed by atoms with E-state index in [0.29, 0.717) is 12.5 Å². The van der Waals surface area contributed by atoms with Gasteiger partial charge in [0.05, 0.1) is 19.3 Å². The zero-order valence-corrected chi connectivity index (χ0v) is 12.6. The summed E-state index contributed by atoms with van der Waals surface area (Å²) >= 11 is 0. The summed E-state index contributed by atoms with van der Waals surface area (Å²) in [6.07, 6.45) is 6.00. The topological polar surface area (TPSA) is 38.7 Å². The predicted molar refractivity (Wildman–Crippen MR) is 80.3 cm³/mol. The third-order valence-corrected chi connectivity index (χ3v) is 3.99. The van der Waals surface area contributed by atoms with Crippen LogP contribution < -0.4 is 4.74 Å². The van der Waals surface area contributed by atoms with E-state index in [9.17, 15) is 5.11 Å². The molecule has 1 aliphatic rings. The molecule has 1 aromatic rings. The molecule has 1 aromatic carbocycles. The zero-order valence-electron chi connectivity index (χ0n) is 12.6. The molecule has 112 valence electrons. The average molecular weight is 278 g/mol. The molecule has 3 heteroatoms. The second kappa shape index (κ2) is 7.65. The van der Waals surface area contributed by atoms with E-state index in [0.717, 1.165) is 37.2 Å². The number of benzene rings is 1. The van der Waals surface area contributed by atoms with Crippen LogP contribution in [-0.4, -0.2) is 31.0 Å². The largest absolute Gasteiger partial charge is 0.496 e. The third kappa shape index (κ3) is 4.50. The first-order valence-corrected chi connectivity index (χ1v) is 7.62. The highest BCUT2D eigenvalue weighted by molar-refractivity contribution is 5.37. The zero-order chi connectivity index (χ0) is 14.4. The van der Waals surface area contributed by atoms with Crippen LogP contribution in [-0.2, 0) is 11.2 Å². The molecule has 1 heterocycles. The highest BCUT2D eigenvalue weighted by Crippen LogP contribution is 2.23. The molecule has 2 atom stereocenters. The van der Waals surface area contributed by atoms with Gasteiger partial charge in [0.15, 0.2) is 0 Å². The number of hydrogen-bond donors (Lipinski definition) is 1. The van der Waals surface area contributed by atoms with Gasteiger partial charge in [-0.25, -0.2) is 0 Å². The van der Waals surface area contributed by atoms with Crippen LogP contribution in [0.3, 0.4) is 0 Å². The van der Waals surface area contributed by atoms with Crippen LogP contribution >= 0.6 is 0 Å². The summed E-state index contributed by atoms with van der Waals surface area (Å²) in [6.45, 7) is 2.94. The maximum absolute atomic E-state index is 10.2. The van der Waals surface area contributed by atoms with Crippen molar-refractivity contribution in [3.8, 4) is 5.75 Å². The molecule has 20 heavy (non-hydrogen) atoms. The third-order valence-electron chi connectivity index (χ3n) is 3.99. The Morgan fingerprint density at radius 3 is 2.95 bits per heavy atom. The van der Waals surface area contributed by atoms with E-state index in [1.54, 1.807) is 7.11 Å². The molecule has 0 aliphatic carbocycles. The Morgan fingerprint density at radius 2 is 2.25 bits per heavy atom. The number of aliphatic hydroxyl groups excluding tert-OH is 1. The molecule has 1 aliphatic heterocycles. The van der Waals surface area contributed by atoms with E-state index in [-0.39, 0.29) is 6.10 Å². The summed E-state index contributed by atoms with van der Waals surface area (Å²) in [4.78, 5) is 0. The van der Waals surface area contributed by atoms with Gasteiger partial charge in [0.2, 0.25) is 0 Å². The molecule has 0 radical (unpaired) electrons. The van der Waals surface area contributed by atoms with Crippen LogP contribution in [0.5, 0.6) is 5.75 Å². The van der Waals surface area contributed by atoms with Crippen molar-refractivity contribution in [3.05, 3.63) is 29.3 Å². The normalized spacial score (nSPS) is 20.6. The molecule has 1 N–H and O–H groups in total. The highest BCUT2D eigenvalue weighted by Gasteiger charge is 2.16. The predicted octanol–water partition coefficient (Wildman–Crippen LogP) is 3.26. The van der Waals surface area contributed by atoms with Crippen molar-refractivity contribution in [3.63, 3.8) is 0 Å². The molecular weight excluding hydrogens is 252 g/mol. The van der Waals surface area contributed by atoms with Crippen molar-refractivity contribution in [2.75, 3.05) is 13.7 Å². The minimum atomic E-state index is -0.323. The monoisotopic (exact) mass is 278 g/mol. The molecule has 0 spiro atoms. The van der Waals surface area contributed by atoms with Gasteiger partial charge in [-0.15, -0.1) is 0 Å². The minimum absolute atomic E-state index is 0.323. The van der Waals surface area contributed by atoms with E-state index in [1.165, 1.54) is 18.4 Å². The molecule has 0 bridgehead atoms. The summed E-state index contributed by atoms with van der Waals surface area (Å²) in [7, 11) is 1.68. The van der Waals surface area contributed by atoms with Crippen LogP contribution in [0.25, 0.3) is 0 Å². The van der Waals surface area contributed by atoms with Gasteiger partial charge in [0.25, 0.3) is 0 Å². The lowest BCUT2D eigenvalue weighted by molar-refractivity contribution is 0.00231. The summed E-state index contributed by atoms with van der Waals surface area (Å²) in [5, 5.41) is 10.2. The van der Waals surface area contributed by atoms with Crippen LogP contribution in [0, 0.1) is 6.92 Å². The van der Waals surface area contributed by atoms with E-state index in [4.69, 9.17) is 9.47 Å². The number of ether oxygens (including phenoxy) is 2. The smallest absolute Gasteiger partial charge is 0.122 e. The van der Waals surface area contributed by atoms with Crippen LogP contribution in [0.2, 0.25) is 0 Å². The highest BCUT2D eigenvalue weighted by atomic mass is 16.5. The van der Waals surface area contributed by atoms with Crippen molar-refractivity contribution in [1.29, 1.82) is 0 Å². The van der Waals surface area contributed by atoms with Gasteiger partial charge >= 0.3 is 0 Å². The number of aliphatic hydroxyl groups is 1. The number of hydrogen-bond acceptors (Lipinski definition) is 3. The quantitative estimate of drug-likeness (QED) is 0.868. The number of aryl methyl sites for hydroxylation is 1. The first-order valence-electron chi connectivity index (χ1n) is 7.62. The Hall–Kier alpha value is -1.06. The Balaban J connectivity index is 1.84. The van der Waals surface area contributed by atoms with Gasteiger partial charge in [-0.2, -0.15) is 0 Å². The standard InChI is InChI=1S/C17H26O3/c1-13-6-9-17(19-2)14(11-13)12-15(18)7-8-16-5-3-4-10-20-16/h6,9,11,15-16,18H,3-5,7-8,10,12H2,1-2H3. The molecule has 1 saturated heterocycles. The SMILES string of the molecule is COc1ccc(C)cc1CC(O)CCC1CCCCO1. The lowest BCUT2D eigenvalue weighted by Gasteiger charge is -2.23. The van der Waals surface area contributed by atoms with Crippen molar-refractivity contribution >= 4 is 0 Å². The van der Waals surface area contributed by atoms with Gasteiger partial charge in [-0.3, -0.25) is 0 Å². The second-order valence-corrected chi connectivity index (χ2v) is 5.74. The van der Waals surface area contributed by atoms with Crippen LogP contribution in [0.1, 0.15) is 43.2 Å². The van der Waals surface area contributed by atoms with Gasteiger partial charge in [-0.05, 0) is 50.7 Å². The summed E-state index contributed by atoms with van der Waals surface area (Å²) in [6, 6.07) is 6.10. The summed E-state index contributed by atoms with van der Waals surface area (Å²) < 4.78 is 11.1. The van der Waals surface area contributed by atoms with E-state index in [2.05, 4.69) is 13.0 Å². The average Bonchev–Trinajstić information content (AvgIpc) is 2.46. The fraction of sp³-hybridized carbons (Fsp3) is 0.647. The van der Waals surface area contributed by atoms with Crippen LogP contribution in [0.15, 0.2) is 18.2 Å². The molecular formula is C17H26O3. The van der Waals surface area contributed by atoms with Crippen molar-refractivity contribution < 1.29 is 14.6 Å². The molecule has 2 rings (SSSR count). The van der Waals surface area contributed by atoms with E-state index >= 15 is 0 Å². The summed E-state index contributed by atoms with van der Waals surface area (Å²) in [5.41, 5.74) is 2.29. The fourth-order valence-electron chi connectivity index (χ4n) is 2.84. The Kier molecular flexibility index (Phi) is 5.86. The molecule has 1 fully saturated rings. The molecule has 0 saturated carbocycles. The maximum atomic E-state index is 10.2. The molecule has 0 aromatic heterocycles. The number of rotatable bonds is 6. The molecule has 2 unspecified atom stereocenters. The Labute approximate surface area is 121 Å². The van der Waals surface area contributed by atoms with Crippen LogP contribution in [0.4, 0.5) is 0 Å². The molecule has 0 amide bonds. The Morgan fingerprint density at radius 1 is 1.40 bits per heavy atom. The van der Waals surface area contributed by atoms with E-state index < -0.39 is 0 Å². The van der Waals surface area contributed by atoms with Crippen molar-refractivity contribution in [1.82, 2.24) is 0 Å². The maximum Gasteiger partial charge on any atom is 0.122 e. The fourth-order valence-corrected chi connectivity index (χ4v) is 2.84. The van der Waals surface area contributed by atoms with Crippen molar-refractivity contribution in [2.24, 2.45) is 0 Å². The minimum Gasteiger partial charge on any atom is -0.496 e. The van der Waals surface area contributed by atoms with Gasteiger partial charge < -0.3 is 14.6 Å². The first-order chi connectivity index (χ1) is 9.69. The lowest BCUT2D eigenvalue weighted by Crippen LogP contribution is -2.22.